The number of ether oxygens (including phenoxy) is 1. The number of likely N-dealkylation sites (tertiary alicyclic amines) is 1. The number of anilines is 1. The van der Waals surface area contributed by atoms with Gasteiger partial charge in [0.1, 0.15) is 11.5 Å². The number of carbonyl (C=O) groups excluding carboxylic acids is 2. The zero-order chi connectivity index (χ0) is 22.4. The third-order valence-electron chi connectivity index (χ3n) is 6.27. The SMILES string of the molecule is C=CC(=O)N1CC(CN2C(=O)COc3cc(-c4cc(O)cc5ccccc45)c(C)cc32)C1. The van der Waals surface area contributed by atoms with Crippen molar-refractivity contribution < 1.29 is 19.4 Å². The second kappa shape index (κ2) is 7.71. The zero-order valence-electron chi connectivity index (χ0n) is 17.9. The molecule has 162 valence electrons. The molecule has 5 rings (SSSR count). The van der Waals surface area contributed by atoms with Crippen molar-refractivity contribution in [3.05, 3.63) is 66.7 Å². The molecule has 0 radical (unpaired) electrons. The monoisotopic (exact) mass is 428 g/mol. The van der Waals surface area contributed by atoms with Crippen LogP contribution in [0.15, 0.2) is 61.2 Å². The summed E-state index contributed by atoms with van der Waals surface area (Å²) in [6.07, 6.45) is 1.32. The largest absolute Gasteiger partial charge is 0.508 e. The molecule has 2 heterocycles. The van der Waals surface area contributed by atoms with Crippen molar-refractivity contribution in [2.24, 2.45) is 5.92 Å². The van der Waals surface area contributed by atoms with E-state index in [0.29, 0.717) is 25.4 Å². The molecule has 1 saturated heterocycles. The number of phenols is 1. The van der Waals surface area contributed by atoms with Gasteiger partial charge in [-0.3, -0.25) is 9.59 Å². The summed E-state index contributed by atoms with van der Waals surface area (Å²) in [6.45, 7) is 7.30. The fourth-order valence-electron chi connectivity index (χ4n) is 4.61. The van der Waals surface area contributed by atoms with E-state index in [4.69, 9.17) is 4.74 Å². The smallest absolute Gasteiger partial charge is 0.265 e. The first-order valence-corrected chi connectivity index (χ1v) is 10.7. The molecule has 1 fully saturated rings. The Morgan fingerprint density at radius 2 is 1.97 bits per heavy atom. The number of rotatable bonds is 4. The molecular weight excluding hydrogens is 404 g/mol. The van der Waals surface area contributed by atoms with Crippen molar-refractivity contribution in [3.63, 3.8) is 0 Å². The molecular formula is C26H24N2O4. The molecule has 1 N–H and O–H groups in total. The van der Waals surface area contributed by atoms with Gasteiger partial charge >= 0.3 is 0 Å². The van der Waals surface area contributed by atoms with Crippen LogP contribution in [-0.4, -0.2) is 48.1 Å². The summed E-state index contributed by atoms with van der Waals surface area (Å²) >= 11 is 0. The van der Waals surface area contributed by atoms with Gasteiger partial charge in [0.2, 0.25) is 5.91 Å². The van der Waals surface area contributed by atoms with Gasteiger partial charge in [-0.1, -0.05) is 30.8 Å². The minimum atomic E-state index is -0.0825. The first-order valence-electron chi connectivity index (χ1n) is 10.7. The Labute approximate surface area is 186 Å². The summed E-state index contributed by atoms with van der Waals surface area (Å²) in [5.41, 5.74) is 3.61. The van der Waals surface area contributed by atoms with Crippen LogP contribution in [0.5, 0.6) is 11.5 Å². The average Bonchev–Trinajstić information content (AvgIpc) is 2.76. The molecule has 0 saturated carbocycles. The first kappa shape index (κ1) is 20.1. The van der Waals surface area contributed by atoms with Crippen LogP contribution in [-0.2, 0) is 9.59 Å². The van der Waals surface area contributed by atoms with E-state index in [1.807, 2.05) is 43.3 Å². The van der Waals surface area contributed by atoms with Gasteiger partial charge in [0.05, 0.1) is 5.69 Å². The summed E-state index contributed by atoms with van der Waals surface area (Å²) in [4.78, 5) is 27.9. The lowest BCUT2D eigenvalue weighted by Gasteiger charge is -2.42. The number of amides is 2. The van der Waals surface area contributed by atoms with Gasteiger partial charge in [-0.2, -0.15) is 0 Å². The lowest BCUT2D eigenvalue weighted by atomic mass is 9.93. The van der Waals surface area contributed by atoms with Gasteiger partial charge in [-0.05, 0) is 64.7 Å². The van der Waals surface area contributed by atoms with Crippen molar-refractivity contribution in [2.45, 2.75) is 6.92 Å². The summed E-state index contributed by atoms with van der Waals surface area (Å²) in [5.74, 6) is 0.923. The molecule has 0 bridgehead atoms. The highest BCUT2D eigenvalue weighted by molar-refractivity contribution is 6.02. The maximum absolute atomic E-state index is 12.7. The first-order chi connectivity index (χ1) is 15.4. The molecule has 2 aliphatic rings. The second-order valence-electron chi connectivity index (χ2n) is 8.46. The highest BCUT2D eigenvalue weighted by Gasteiger charge is 2.35. The number of benzene rings is 3. The van der Waals surface area contributed by atoms with Crippen LogP contribution in [0, 0.1) is 12.8 Å². The number of aryl methyl sites for hydroxylation is 1. The Morgan fingerprint density at radius 1 is 1.19 bits per heavy atom. The molecule has 2 amide bonds. The molecule has 0 spiro atoms. The quantitative estimate of drug-likeness (QED) is 0.640. The topological polar surface area (TPSA) is 70.1 Å². The maximum atomic E-state index is 12.7. The molecule has 6 nitrogen and oxygen atoms in total. The van der Waals surface area contributed by atoms with E-state index < -0.39 is 0 Å². The van der Waals surface area contributed by atoms with Crippen LogP contribution < -0.4 is 9.64 Å². The lowest BCUT2D eigenvalue weighted by molar-refractivity contribution is -0.131. The summed E-state index contributed by atoms with van der Waals surface area (Å²) in [6, 6.07) is 15.4. The maximum Gasteiger partial charge on any atom is 0.265 e. The van der Waals surface area contributed by atoms with E-state index in [1.54, 1.807) is 21.9 Å². The number of fused-ring (bicyclic) bond motifs is 2. The number of phenolic OH excluding ortho intramolecular Hbond substituents is 1. The van der Waals surface area contributed by atoms with E-state index in [1.165, 1.54) is 6.08 Å². The van der Waals surface area contributed by atoms with Crippen LogP contribution in [0.25, 0.3) is 21.9 Å². The Kier molecular flexibility index (Phi) is 4.85. The number of hydrogen-bond acceptors (Lipinski definition) is 4. The minimum Gasteiger partial charge on any atom is -0.508 e. The normalized spacial score (nSPS) is 15.8. The molecule has 0 aliphatic carbocycles. The Bertz CT molecular complexity index is 1260. The van der Waals surface area contributed by atoms with Crippen LogP contribution in [0.1, 0.15) is 5.56 Å². The van der Waals surface area contributed by atoms with Crippen LogP contribution >= 0.6 is 0 Å². The Morgan fingerprint density at radius 3 is 2.75 bits per heavy atom. The fraction of sp³-hybridized carbons (Fsp3) is 0.231. The van der Waals surface area contributed by atoms with Crippen molar-refractivity contribution in [3.8, 4) is 22.6 Å². The number of nitrogens with zero attached hydrogens (tertiary/aromatic N) is 2. The molecule has 32 heavy (non-hydrogen) atoms. The van der Waals surface area contributed by atoms with Gasteiger partial charge in [0.25, 0.3) is 5.91 Å². The minimum absolute atomic E-state index is 0.0156. The summed E-state index contributed by atoms with van der Waals surface area (Å²) in [7, 11) is 0. The number of aromatic hydroxyl groups is 1. The average molecular weight is 428 g/mol. The van der Waals surface area contributed by atoms with Gasteiger partial charge in [0, 0.05) is 25.6 Å². The van der Waals surface area contributed by atoms with Crippen molar-refractivity contribution in [1.82, 2.24) is 4.90 Å². The van der Waals surface area contributed by atoms with Crippen molar-refractivity contribution in [1.29, 1.82) is 0 Å². The second-order valence-corrected chi connectivity index (χ2v) is 8.46. The standard InChI is InChI=1S/C26H24N2O4/c1-3-25(30)27-12-17(13-27)14-28-23-8-16(2)21(11-24(23)32-15-26(28)31)22-10-19(29)9-18-6-4-5-7-20(18)22/h3-11,17,29H,1,12-15H2,2H3. The summed E-state index contributed by atoms with van der Waals surface area (Å²) in [5, 5.41) is 12.3. The van der Waals surface area contributed by atoms with E-state index in [2.05, 4.69) is 6.58 Å². The third-order valence-corrected chi connectivity index (χ3v) is 6.27. The van der Waals surface area contributed by atoms with Gasteiger partial charge in [-0.15, -0.1) is 0 Å². The molecule has 0 atom stereocenters. The number of carbonyl (C=O) groups is 2. The van der Waals surface area contributed by atoms with E-state index >= 15 is 0 Å². The van der Waals surface area contributed by atoms with Gasteiger partial charge in [-0.25, -0.2) is 0 Å². The van der Waals surface area contributed by atoms with Crippen LogP contribution in [0.4, 0.5) is 5.69 Å². The Hall–Kier alpha value is -3.80. The fourth-order valence-corrected chi connectivity index (χ4v) is 4.61. The molecule has 6 heteroatoms. The summed E-state index contributed by atoms with van der Waals surface area (Å²) < 4.78 is 5.80. The van der Waals surface area contributed by atoms with Gasteiger partial charge < -0.3 is 19.6 Å². The molecule has 0 aromatic heterocycles. The Balaban J connectivity index is 1.49. The highest BCUT2D eigenvalue weighted by Crippen LogP contribution is 2.42. The van der Waals surface area contributed by atoms with Crippen molar-refractivity contribution in [2.75, 3.05) is 31.1 Å². The van der Waals surface area contributed by atoms with E-state index in [-0.39, 0.29) is 30.1 Å². The molecule has 3 aromatic carbocycles. The van der Waals surface area contributed by atoms with Gasteiger partial charge in [0.15, 0.2) is 6.61 Å². The van der Waals surface area contributed by atoms with E-state index in [9.17, 15) is 14.7 Å². The van der Waals surface area contributed by atoms with Crippen LogP contribution in [0.3, 0.4) is 0 Å². The molecule has 2 aliphatic heterocycles. The third kappa shape index (κ3) is 3.38. The number of hydrogen-bond donors (Lipinski definition) is 1. The molecule has 3 aromatic rings. The highest BCUT2D eigenvalue weighted by atomic mass is 16.5. The predicted molar refractivity (Wildman–Crippen MR) is 124 cm³/mol. The van der Waals surface area contributed by atoms with E-state index in [0.717, 1.165) is 33.2 Å². The lowest BCUT2D eigenvalue weighted by Crippen LogP contribution is -2.55. The van der Waals surface area contributed by atoms with Crippen molar-refractivity contribution >= 4 is 28.3 Å². The zero-order valence-corrected chi connectivity index (χ0v) is 17.9. The van der Waals surface area contributed by atoms with Crippen LogP contribution in [0.2, 0.25) is 0 Å². The predicted octanol–water partition coefficient (Wildman–Crippen LogP) is 3.89. The molecule has 0 unspecified atom stereocenters.